The van der Waals surface area contributed by atoms with Crippen LogP contribution in [0.5, 0.6) is 0 Å². The van der Waals surface area contributed by atoms with E-state index in [4.69, 9.17) is 0 Å². The predicted octanol–water partition coefficient (Wildman–Crippen LogP) is 0.458. The minimum atomic E-state index is -0.365. The number of fused-ring (bicyclic) bond motifs is 1. The Bertz CT molecular complexity index is 803. The number of hydrogen-bond acceptors (Lipinski definition) is 3. The van der Waals surface area contributed by atoms with Gasteiger partial charge in [-0.3, -0.25) is 4.79 Å². The number of nitrogens with one attached hydrogen (secondary N) is 2. The average molecular weight is 346 g/mol. The van der Waals surface area contributed by atoms with Gasteiger partial charge in [0.15, 0.2) is 0 Å². The summed E-state index contributed by atoms with van der Waals surface area (Å²) in [4.78, 5) is 21.1. The Morgan fingerprint density at radius 2 is 2.20 bits per heavy atom. The molecule has 1 unspecified atom stereocenters. The third-order valence-electron chi connectivity index (χ3n) is 4.82. The Balaban J connectivity index is 1.76. The molecular weight excluding hydrogens is 321 g/mol. The van der Waals surface area contributed by atoms with Crippen molar-refractivity contribution >= 4 is 0 Å². The van der Waals surface area contributed by atoms with Crippen molar-refractivity contribution in [3.63, 3.8) is 0 Å². The van der Waals surface area contributed by atoms with Gasteiger partial charge in [-0.1, -0.05) is 26.0 Å². The molecule has 6 heteroatoms. The summed E-state index contributed by atoms with van der Waals surface area (Å²) in [6.07, 6.45) is 0.759. The van der Waals surface area contributed by atoms with Crippen LogP contribution in [0.25, 0.3) is 0 Å². The fourth-order valence-corrected chi connectivity index (χ4v) is 3.25. The zero-order valence-corrected chi connectivity index (χ0v) is 14.7. The summed E-state index contributed by atoms with van der Waals surface area (Å²) in [5.41, 5.74) is 2.21. The first kappa shape index (κ1) is 17.8. The van der Waals surface area contributed by atoms with Gasteiger partial charge in [0.25, 0.3) is 5.56 Å². The first-order valence-corrected chi connectivity index (χ1v) is 8.79. The fraction of sp³-hybridized carbons (Fsp3) is 0.474. The molecule has 0 fully saturated rings. The van der Waals surface area contributed by atoms with E-state index >= 15 is 0 Å². The smallest absolute Gasteiger partial charge is 0.260 e. The van der Waals surface area contributed by atoms with Gasteiger partial charge in [0.1, 0.15) is 30.8 Å². The Hall–Kier alpha value is -2.05. The van der Waals surface area contributed by atoms with Crippen LogP contribution in [0.4, 0.5) is 4.39 Å². The molecule has 0 saturated heterocycles. The second kappa shape index (κ2) is 7.45. The average Bonchev–Trinajstić information content (AvgIpc) is 2.55. The van der Waals surface area contributed by atoms with Gasteiger partial charge >= 0.3 is 0 Å². The molecule has 0 amide bonds. The Labute approximate surface area is 146 Å². The summed E-state index contributed by atoms with van der Waals surface area (Å²) in [6.45, 7) is 6.07. The number of nitrogens with zero attached hydrogens (tertiary/aromatic N) is 1. The molecule has 2 aromatic rings. The van der Waals surface area contributed by atoms with Crippen LogP contribution < -0.4 is 10.5 Å². The lowest BCUT2D eigenvalue weighted by Crippen LogP contribution is -3.13. The molecule has 1 aromatic carbocycles. The quantitative estimate of drug-likeness (QED) is 0.737. The number of quaternary nitrogens is 1. The van der Waals surface area contributed by atoms with Crippen LogP contribution in [-0.2, 0) is 19.4 Å². The zero-order valence-electron chi connectivity index (χ0n) is 14.7. The standard InChI is InChI=1S/C19H24FN3O2/c1-12(2)17(24)11-23-7-6-16-15(10-23)19(25)22-18(21-16)9-13-4-3-5-14(20)8-13/h3-5,8,12,17,24H,6-7,9-11H2,1-2H3,(H,21,22,25)/p+1/t17-/m0/s1. The van der Waals surface area contributed by atoms with Gasteiger partial charge in [-0.05, 0) is 23.6 Å². The van der Waals surface area contributed by atoms with Crippen LogP contribution in [-0.4, -0.2) is 34.3 Å². The van der Waals surface area contributed by atoms with E-state index in [0.29, 0.717) is 30.9 Å². The molecule has 0 bridgehead atoms. The maximum atomic E-state index is 13.3. The van der Waals surface area contributed by atoms with Gasteiger partial charge in [0.05, 0.1) is 17.8 Å². The molecule has 3 rings (SSSR count). The van der Waals surface area contributed by atoms with Crippen molar-refractivity contribution in [2.75, 3.05) is 13.1 Å². The monoisotopic (exact) mass is 346 g/mol. The zero-order chi connectivity index (χ0) is 18.0. The third-order valence-corrected chi connectivity index (χ3v) is 4.82. The lowest BCUT2D eigenvalue weighted by molar-refractivity contribution is -0.919. The number of aliphatic hydroxyl groups excluding tert-OH is 1. The van der Waals surface area contributed by atoms with Crippen LogP contribution >= 0.6 is 0 Å². The summed E-state index contributed by atoms with van der Waals surface area (Å²) in [7, 11) is 0. The molecular formula is C19H25FN3O2+. The summed E-state index contributed by atoms with van der Waals surface area (Å²) < 4.78 is 13.3. The van der Waals surface area contributed by atoms with Crippen LogP contribution in [0.15, 0.2) is 29.1 Å². The molecule has 25 heavy (non-hydrogen) atoms. The maximum absolute atomic E-state index is 13.3. The molecule has 0 saturated carbocycles. The highest BCUT2D eigenvalue weighted by Gasteiger charge is 2.26. The fourth-order valence-electron chi connectivity index (χ4n) is 3.25. The summed E-state index contributed by atoms with van der Waals surface area (Å²) in [6, 6.07) is 6.33. The van der Waals surface area contributed by atoms with Gasteiger partial charge in [-0.2, -0.15) is 0 Å². The van der Waals surface area contributed by atoms with Crippen LogP contribution in [0.1, 0.15) is 36.5 Å². The molecule has 134 valence electrons. The predicted molar refractivity (Wildman–Crippen MR) is 93.0 cm³/mol. The normalized spacial score (nSPS) is 18.2. The van der Waals surface area contributed by atoms with Gasteiger partial charge < -0.3 is 15.0 Å². The second-order valence-electron chi connectivity index (χ2n) is 7.19. The van der Waals surface area contributed by atoms with Crippen molar-refractivity contribution in [1.82, 2.24) is 9.97 Å². The van der Waals surface area contributed by atoms with Crippen molar-refractivity contribution in [1.29, 1.82) is 0 Å². The molecule has 1 aliphatic heterocycles. The van der Waals surface area contributed by atoms with Crippen LogP contribution in [0, 0.1) is 11.7 Å². The van der Waals surface area contributed by atoms with E-state index < -0.39 is 0 Å². The first-order valence-electron chi connectivity index (χ1n) is 8.79. The number of halogens is 1. The second-order valence-corrected chi connectivity index (χ2v) is 7.19. The van der Waals surface area contributed by atoms with E-state index in [9.17, 15) is 14.3 Å². The van der Waals surface area contributed by atoms with Crippen molar-refractivity contribution < 1.29 is 14.4 Å². The van der Waals surface area contributed by atoms with Crippen molar-refractivity contribution in [3.05, 3.63) is 63.1 Å². The lowest BCUT2D eigenvalue weighted by atomic mass is 10.0. The number of aliphatic hydroxyl groups is 1. The Kier molecular flexibility index (Phi) is 5.30. The molecule has 1 aliphatic rings. The van der Waals surface area contributed by atoms with E-state index in [1.165, 1.54) is 17.0 Å². The molecule has 0 radical (unpaired) electrons. The lowest BCUT2D eigenvalue weighted by Gasteiger charge is -2.27. The van der Waals surface area contributed by atoms with Crippen molar-refractivity contribution in [2.45, 2.75) is 39.3 Å². The number of H-pyrrole nitrogens is 1. The summed E-state index contributed by atoms with van der Waals surface area (Å²) >= 11 is 0. The van der Waals surface area contributed by atoms with Gasteiger partial charge in [-0.15, -0.1) is 0 Å². The summed E-state index contributed by atoms with van der Waals surface area (Å²) in [5.74, 6) is 0.486. The highest BCUT2D eigenvalue weighted by Crippen LogP contribution is 2.10. The molecule has 1 aromatic heterocycles. The molecule has 0 aliphatic carbocycles. The van der Waals surface area contributed by atoms with Crippen LogP contribution in [0.3, 0.4) is 0 Å². The molecule has 5 nitrogen and oxygen atoms in total. The Morgan fingerprint density at radius 1 is 1.40 bits per heavy atom. The van der Waals surface area contributed by atoms with E-state index in [-0.39, 0.29) is 23.4 Å². The summed E-state index contributed by atoms with van der Waals surface area (Å²) in [5, 5.41) is 10.1. The molecule has 3 N–H and O–H groups in total. The minimum absolute atomic E-state index is 0.118. The number of aromatic nitrogens is 2. The topological polar surface area (TPSA) is 70.4 Å². The van der Waals surface area contributed by atoms with E-state index in [2.05, 4.69) is 9.97 Å². The molecule has 2 heterocycles. The Morgan fingerprint density at radius 3 is 2.92 bits per heavy atom. The van der Waals surface area contributed by atoms with Gasteiger partial charge in [0, 0.05) is 12.8 Å². The van der Waals surface area contributed by atoms with E-state index in [1.807, 2.05) is 19.9 Å². The highest BCUT2D eigenvalue weighted by molar-refractivity contribution is 5.23. The number of aromatic amines is 1. The number of rotatable bonds is 5. The SMILES string of the molecule is CC(C)[C@@H](O)C[NH+]1CCc2nc(Cc3cccc(F)c3)[nH]c(=O)c2C1. The third kappa shape index (κ3) is 4.32. The highest BCUT2D eigenvalue weighted by atomic mass is 19.1. The van der Waals surface area contributed by atoms with Gasteiger partial charge in [0.2, 0.25) is 0 Å². The largest absolute Gasteiger partial charge is 0.387 e. The van der Waals surface area contributed by atoms with E-state index in [1.54, 1.807) is 6.07 Å². The van der Waals surface area contributed by atoms with Crippen molar-refractivity contribution in [2.24, 2.45) is 5.92 Å². The number of hydrogen-bond donors (Lipinski definition) is 3. The van der Waals surface area contributed by atoms with Crippen LogP contribution in [0.2, 0.25) is 0 Å². The van der Waals surface area contributed by atoms with E-state index in [0.717, 1.165) is 24.2 Å². The number of benzene rings is 1. The maximum Gasteiger partial charge on any atom is 0.260 e. The minimum Gasteiger partial charge on any atom is -0.387 e. The first-order chi connectivity index (χ1) is 11.9. The van der Waals surface area contributed by atoms with Gasteiger partial charge in [-0.25, -0.2) is 9.37 Å². The molecule has 0 spiro atoms. The van der Waals surface area contributed by atoms with Crippen molar-refractivity contribution in [3.8, 4) is 0 Å². The molecule has 2 atom stereocenters.